The number of rotatable bonds is 7. The fourth-order valence-electron chi connectivity index (χ4n) is 8.03. The van der Waals surface area contributed by atoms with E-state index >= 15 is 0 Å². The van der Waals surface area contributed by atoms with Crippen molar-refractivity contribution in [3.05, 3.63) is 11.3 Å². The summed E-state index contributed by atoms with van der Waals surface area (Å²) < 4.78 is 44.4. The van der Waals surface area contributed by atoms with Gasteiger partial charge in [-0.25, -0.2) is 0 Å². The first-order valence-corrected chi connectivity index (χ1v) is 16.8. The third-order valence-corrected chi connectivity index (χ3v) is 10.8. The summed E-state index contributed by atoms with van der Waals surface area (Å²) in [6, 6.07) is -0.192. The van der Waals surface area contributed by atoms with E-state index in [1.807, 2.05) is 53.6 Å². The number of aliphatic hydroxyl groups excluding tert-OH is 3. The van der Waals surface area contributed by atoms with Gasteiger partial charge in [0.25, 0.3) is 0 Å². The Morgan fingerprint density at radius 2 is 1.67 bits per heavy atom. The second-order valence-corrected chi connectivity index (χ2v) is 15.0. The van der Waals surface area contributed by atoms with E-state index in [9.17, 15) is 20.1 Å². The maximum Gasteiger partial charge on any atom is 0.311 e. The first-order valence-electron chi connectivity index (χ1n) is 16.8. The number of hydrogen-bond donors (Lipinski definition) is 3. The van der Waals surface area contributed by atoms with Crippen LogP contribution in [-0.4, -0.2) is 126 Å². The zero-order valence-corrected chi connectivity index (χ0v) is 29.8. The van der Waals surface area contributed by atoms with E-state index in [-0.39, 0.29) is 18.6 Å². The van der Waals surface area contributed by atoms with Crippen molar-refractivity contribution < 1.29 is 53.3 Å². The number of aliphatic hydroxyl groups is 3. The molecule has 266 valence electrons. The highest BCUT2D eigenvalue weighted by molar-refractivity contribution is 5.73. The summed E-state index contributed by atoms with van der Waals surface area (Å²) in [6.45, 7) is 16.6. The Morgan fingerprint density at radius 3 is 2.26 bits per heavy atom. The maximum absolute atomic E-state index is 13.9. The van der Waals surface area contributed by atoms with Gasteiger partial charge in [-0.1, -0.05) is 13.8 Å². The van der Waals surface area contributed by atoms with Crippen molar-refractivity contribution in [1.29, 1.82) is 0 Å². The lowest BCUT2D eigenvalue weighted by molar-refractivity contribution is -0.316. The fourth-order valence-corrected chi connectivity index (χ4v) is 8.03. The Morgan fingerprint density at radius 1 is 1.02 bits per heavy atom. The number of methoxy groups -OCH3 is 1. The van der Waals surface area contributed by atoms with E-state index in [1.165, 1.54) is 7.11 Å². The molecule has 46 heavy (non-hydrogen) atoms. The molecule has 0 radical (unpaired) electrons. The predicted molar refractivity (Wildman–Crippen MR) is 168 cm³/mol. The Kier molecular flexibility index (Phi) is 11.6. The van der Waals surface area contributed by atoms with Gasteiger partial charge in [-0.2, -0.15) is 0 Å². The SMILES string of the molecule is COC1(C)C[C@H](O[C@H]2[C@H](C)[C@@H](O[C@@H]3OC(C)CC(N(C)C)C3O)[C@]3(C)CC(C)=C(O3)[C@H](C)[C@H](C(C)O)OC(=O)[C@@H]2C)OC(C)[C@@H]1O. The molecule has 4 aliphatic rings. The van der Waals surface area contributed by atoms with Gasteiger partial charge in [0.05, 0.1) is 41.9 Å². The summed E-state index contributed by atoms with van der Waals surface area (Å²) in [5, 5.41) is 33.1. The second kappa shape index (κ2) is 14.2. The molecule has 4 rings (SSSR count). The molecule has 3 fully saturated rings. The van der Waals surface area contributed by atoms with E-state index in [2.05, 4.69) is 0 Å². The minimum atomic E-state index is -0.970. The number of fused-ring (bicyclic) bond motifs is 2. The molecular formula is C34H59NO11. The van der Waals surface area contributed by atoms with Crippen molar-refractivity contribution in [2.45, 2.75) is 160 Å². The monoisotopic (exact) mass is 657 g/mol. The van der Waals surface area contributed by atoms with Crippen LogP contribution in [0.5, 0.6) is 0 Å². The highest BCUT2D eigenvalue weighted by Gasteiger charge is 2.55. The van der Waals surface area contributed by atoms with Crippen LogP contribution in [0.25, 0.3) is 0 Å². The number of esters is 1. The van der Waals surface area contributed by atoms with Gasteiger partial charge < -0.3 is 53.4 Å². The summed E-state index contributed by atoms with van der Waals surface area (Å²) in [4.78, 5) is 15.9. The van der Waals surface area contributed by atoms with E-state index in [0.29, 0.717) is 18.6 Å². The maximum atomic E-state index is 13.9. The van der Waals surface area contributed by atoms with Gasteiger partial charge in [0.1, 0.15) is 35.8 Å². The quantitative estimate of drug-likeness (QED) is 0.346. The van der Waals surface area contributed by atoms with Crippen LogP contribution in [0.3, 0.4) is 0 Å². The standard InChI is InChI=1S/C34H59NO11/c1-16-14-34(9)30(45-32-25(37)23(35(10)11)13-17(2)41-32)19(4)27(43-24-15-33(8,40-12)29(38)22(7)42-24)20(5)31(39)44-28(21(6)36)18(3)26(16)46-34/h17-25,27-30,32,36-38H,13-15H2,1-12H3/t17?,18-,19-,20+,21?,22?,23?,24-,25?,27-,28+,29-,30+,32-,33?,34-/m0/s1. The number of ether oxygens (including phenoxy) is 7. The summed E-state index contributed by atoms with van der Waals surface area (Å²) in [5.74, 6) is -1.68. The van der Waals surface area contributed by atoms with Crippen molar-refractivity contribution in [2.24, 2.45) is 17.8 Å². The Bertz CT molecular complexity index is 1100. The van der Waals surface area contributed by atoms with Crippen LogP contribution in [0.15, 0.2) is 11.3 Å². The number of hydrogen-bond acceptors (Lipinski definition) is 12. The van der Waals surface area contributed by atoms with Crippen LogP contribution < -0.4 is 0 Å². The molecule has 0 aliphatic carbocycles. The highest BCUT2D eigenvalue weighted by Crippen LogP contribution is 2.47. The Labute approximate surface area is 274 Å². The largest absolute Gasteiger partial charge is 0.488 e. The van der Waals surface area contributed by atoms with Crippen LogP contribution in [0.4, 0.5) is 0 Å². The molecule has 6 unspecified atom stereocenters. The molecule has 3 saturated heterocycles. The highest BCUT2D eigenvalue weighted by atomic mass is 16.7. The van der Waals surface area contributed by atoms with Gasteiger partial charge in [0.2, 0.25) is 0 Å². The number of nitrogens with zero attached hydrogens (tertiary/aromatic N) is 1. The van der Waals surface area contributed by atoms with Crippen LogP contribution in [-0.2, 0) is 38.0 Å². The smallest absolute Gasteiger partial charge is 0.311 e. The zero-order chi connectivity index (χ0) is 34.5. The summed E-state index contributed by atoms with van der Waals surface area (Å²) in [5.41, 5.74) is -0.928. The van der Waals surface area contributed by atoms with E-state index in [0.717, 1.165) is 5.57 Å². The molecule has 4 heterocycles. The topological polar surface area (TPSA) is 146 Å². The lowest BCUT2D eigenvalue weighted by Crippen LogP contribution is -2.60. The molecule has 16 atom stereocenters. The molecule has 12 nitrogen and oxygen atoms in total. The van der Waals surface area contributed by atoms with Crippen molar-refractivity contribution in [2.75, 3.05) is 21.2 Å². The van der Waals surface area contributed by atoms with Gasteiger partial charge in [0, 0.05) is 31.9 Å². The van der Waals surface area contributed by atoms with Crippen LogP contribution >= 0.6 is 0 Å². The molecule has 0 aromatic carbocycles. The molecule has 2 bridgehead atoms. The van der Waals surface area contributed by atoms with Gasteiger partial charge in [0.15, 0.2) is 12.6 Å². The van der Waals surface area contributed by atoms with Crippen LogP contribution in [0.1, 0.15) is 81.6 Å². The van der Waals surface area contributed by atoms with Crippen LogP contribution in [0.2, 0.25) is 0 Å². The molecular weight excluding hydrogens is 598 g/mol. The number of cyclic esters (lactones) is 1. The lowest BCUT2D eigenvalue weighted by Gasteiger charge is -2.48. The van der Waals surface area contributed by atoms with Gasteiger partial charge >= 0.3 is 5.97 Å². The predicted octanol–water partition coefficient (Wildman–Crippen LogP) is 2.75. The molecule has 0 aromatic heterocycles. The van der Waals surface area contributed by atoms with Gasteiger partial charge in [-0.3, -0.25) is 4.79 Å². The minimum Gasteiger partial charge on any atom is -0.488 e. The van der Waals surface area contributed by atoms with Crippen molar-refractivity contribution in [1.82, 2.24) is 4.90 Å². The number of carbonyl (C=O) groups excluding carboxylic acids is 1. The average molecular weight is 658 g/mol. The first-order chi connectivity index (χ1) is 21.3. The minimum absolute atomic E-state index is 0.172. The summed E-state index contributed by atoms with van der Waals surface area (Å²) in [6.07, 6.45) is -6.43. The lowest BCUT2D eigenvalue weighted by atomic mass is 9.79. The molecule has 0 saturated carbocycles. The van der Waals surface area contributed by atoms with Crippen molar-refractivity contribution >= 4 is 5.97 Å². The van der Waals surface area contributed by atoms with E-state index < -0.39 is 90.2 Å². The number of likely N-dealkylation sites (N-methyl/N-ethyl adjacent to an activating group) is 1. The molecule has 0 spiro atoms. The van der Waals surface area contributed by atoms with E-state index in [1.54, 1.807) is 27.7 Å². The third-order valence-electron chi connectivity index (χ3n) is 10.8. The van der Waals surface area contributed by atoms with Crippen LogP contribution in [0, 0.1) is 17.8 Å². The Balaban J connectivity index is 1.78. The number of carbonyl (C=O) groups is 1. The third kappa shape index (κ3) is 7.30. The van der Waals surface area contributed by atoms with Crippen molar-refractivity contribution in [3.63, 3.8) is 0 Å². The first kappa shape index (κ1) is 37.5. The molecule has 3 N–H and O–H groups in total. The average Bonchev–Trinajstić information content (AvgIpc) is 3.29. The summed E-state index contributed by atoms with van der Waals surface area (Å²) in [7, 11) is 5.39. The second-order valence-electron chi connectivity index (χ2n) is 15.0. The zero-order valence-electron chi connectivity index (χ0n) is 29.8. The molecule has 12 heteroatoms. The fraction of sp³-hybridized carbons (Fsp3) is 0.912. The molecule has 0 amide bonds. The summed E-state index contributed by atoms with van der Waals surface area (Å²) >= 11 is 0. The normalized spacial score (nSPS) is 48.1. The molecule has 4 aliphatic heterocycles. The van der Waals surface area contributed by atoms with E-state index in [4.69, 9.17) is 33.2 Å². The Hall–Kier alpha value is -1.35. The van der Waals surface area contributed by atoms with Crippen molar-refractivity contribution in [3.8, 4) is 0 Å². The van der Waals surface area contributed by atoms with Gasteiger partial charge in [-0.15, -0.1) is 0 Å². The van der Waals surface area contributed by atoms with Gasteiger partial charge in [-0.05, 0) is 74.6 Å². The molecule has 0 aromatic rings.